The fourth-order valence-electron chi connectivity index (χ4n) is 0.960. The Labute approximate surface area is 81.8 Å². The predicted molar refractivity (Wildman–Crippen MR) is 51.5 cm³/mol. The van der Waals surface area contributed by atoms with Gasteiger partial charge in [-0.05, 0) is 13.8 Å². The van der Waals surface area contributed by atoms with E-state index in [2.05, 4.69) is 0 Å². The average molecular weight is 189 g/mol. The molecule has 0 spiro atoms. The molecule has 0 aliphatic rings. The van der Waals surface area contributed by atoms with Gasteiger partial charge in [0.15, 0.2) is 0 Å². The summed E-state index contributed by atoms with van der Waals surface area (Å²) in [6.07, 6.45) is 0. The summed E-state index contributed by atoms with van der Waals surface area (Å²) in [5.41, 5.74) is -1.35. The summed E-state index contributed by atoms with van der Waals surface area (Å²) >= 11 is 0. The number of hydrogen-bond acceptors (Lipinski definition) is 3. The zero-order valence-electron chi connectivity index (χ0n) is 10.3. The molecule has 0 aliphatic carbocycles. The number of ether oxygens (including phenoxy) is 2. The van der Waals surface area contributed by atoms with Crippen LogP contribution in [0.1, 0.15) is 29.1 Å². The van der Waals surface area contributed by atoms with Crippen molar-refractivity contribution in [3.8, 4) is 0 Å². The summed E-state index contributed by atoms with van der Waals surface area (Å²) < 4.78 is 17.4. The Bertz CT molecular complexity index is 211. The van der Waals surface area contributed by atoms with Gasteiger partial charge in [-0.1, -0.05) is 13.8 Å². The summed E-state index contributed by atoms with van der Waals surface area (Å²) in [5.74, 6) is -0.322. The summed E-state index contributed by atoms with van der Waals surface area (Å²) in [6.45, 7) is 6.42. The average Bonchev–Trinajstić information content (AvgIpc) is 2.14. The molecule has 0 bridgehead atoms. The van der Waals surface area contributed by atoms with Crippen molar-refractivity contribution in [2.75, 3.05) is 20.8 Å². The molecule has 0 N–H and O–H groups in total. The summed E-state index contributed by atoms with van der Waals surface area (Å²) in [5, 5.41) is 0. The van der Waals surface area contributed by atoms with E-state index < -0.39 is 17.4 Å². The minimum Gasteiger partial charge on any atom is -0.469 e. The van der Waals surface area contributed by atoms with Crippen LogP contribution in [0.2, 0.25) is 0 Å². The first-order chi connectivity index (χ1) is 6.21. The highest BCUT2D eigenvalue weighted by molar-refractivity contribution is 5.76. The van der Waals surface area contributed by atoms with Crippen LogP contribution in [-0.4, -0.2) is 26.8 Å². The molecule has 3 nitrogen and oxygen atoms in total. The van der Waals surface area contributed by atoms with Crippen LogP contribution in [0.15, 0.2) is 0 Å². The van der Waals surface area contributed by atoms with Gasteiger partial charge in [-0.2, -0.15) is 0 Å². The highest BCUT2D eigenvalue weighted by atomic mass is 16.5. The van der Waals surface area contributed by atoms with Crippen molar-refractivity contribution in [3.63, 3.8) is 0 Å². The number of carbonyl (C=O) groups excluding carboxylic acids is 1. The maximum Gasteiger partial charge on any atom is 0.311 e. The van der Waals surface area contributed by atoms with Crippen LogP contribution in [0, 0.1) is 10.8 Å². The maximum absolute atomic E-state index is 11.5. The molecule has 0 aliphatic heterocycles. The van der Waals surface area contributed by atoms with Crippen LogP contribution in [0.25, 0.3) is 0 Å². The third-order valence-electron chi connectivity index (χ3n) is 2.72. The van der Waals surface area contributed by atoms with E-state index in [1.54, 1.807) is 13.8 Å². The van der Waals surface area contributed by atoms with Crippen molar-refractivity contribution in [1.29, 1.82) is 0 Å². The minimum absolute atomic E-state index is 0.322. The summed E-state index contributed by atoms with van der Waals surface area (Å²) in [7, 11) is 2.82. The van der Waals surface area contributed by atoms with E-state index in [1.807, 2.05) is 13.8 Å². The Balaban J connectivity index is 4.95. The zero-order chi connectivity index (χ0) is 11.6. The molecule has 1 atom stereocenters. The van der Waals surface area contributed by atoms with Crippen molar-refractivity contribution in [2.24, 2.45) is 10.8 Å². The van der Waals surface area contributed by atoms with E-state index in [4.69, 9.17) is 10.8 Å². The van der Waals surface area contributed by atoms with Crippen LogP contribution in [0.4, 0.5) is 0 Å². The molecule has 0 aromatic carbocycles. The number of esters is 1. The van der Waals surface area contributed by atoms with Crippen molar-refractivity contribution >= 4 is 5.97 Å². The highest BCUT2D eigenvalue weighted by Crippen LogP contribution is 2.39. The molecule has 0 amide bonds. The van der Waals surface area contributed by atoms with Gasteiger partial charge < -0.3 is 9.47 Å². The molecule has 0 fully saturated rings. The minimum atomic E-state index is -0.753. The first-order valence-electron chi connectivity index (χ1n) is 4.83. The number of rotatable bonds is 4. The highest BCUT2D eigenvalue weighted by Gasteiger charge is 2.44. The Morgan fingerprint density at radius 2 is 1.77 bits per heavy atom. The van der Waals surface area contributed by atoms with Gasteiger partial charge in [0.05, 0.1) is 20.5 Å². The quantitative estimate of drug-likeness (QED) is 0.633. The second kappa shape index (κ2) is 4.09. The van der Waals surface area contributed by atoms with Crippen molar-refractivity contribution in [1.82, 2.24) is 0 Å². The van der Waals surface area contributed by atoms with E-state index in [9.17, 15) is 4.79 Å². The van der Waals surface area contributed by atoms with E-state index in [-0.39, 0.29) is 5.97 Å². The summed E-state index contributed by atoms with van der Waals surface area (Å²) in [6, 6.07) is 0. The van der Waals surface area contributed by atoms with Gasteiger partial charge in [-0.15, -0.1) is 0 Å². The molecular formula is C10H20O3. The molecule has 0 unspecified atom stereocenters. The number of carbonyl (C=O) groups is 1. The Kier molecular flexibility index (Phi) is 3.31. The zero-order valence-corrected chi connectivity index (χ0v) is 9.30. The van der Waals surface area contributed by atoms with Gasteiger partial charge in [-0.3, -0.25) is 4.79 Å². The standard InChI is InChI=1S/C10H20O3/c1-9(2,7-12-5)10(3,4)8(11)13-6/h7H2,1-6H3/i7D/t7-/m1/s1. The maximum atomic E-state index is 11.5. The lowest BCUT2D eigenvalue weighted by Crippen LogP contribution is -2.43. The van der Waals surface area contributed by atoms with Crippen molar-refractivity contribution in [3.05, 3.63) is 0 Å². The lowest BCUT2D eigenvalue weighted by atomic mass is 9.68. The smallest absolute Gasteiger partial charge is 0.311 e. The molecule has 0 aromatic rings. The first kappa shape index (κ1) is 10.5. The van der Waals surface area contributed by atoms with E-state index in [0.29, 0.717) is 0 Å². The third-order valence-corrected chi connectivity index (χ3v) is 2.72. The van der Waals surface area contributed by atoms with Gasteiger partial charge in [0.25, 0.3) is 0 Å². The van der Waals surface area contributed by atoms with E-state index in [0.717, 1.165) is 0 Å². The molecule has 78 valence electrons. The van der Waals surface area contributed by atoms with Gasteiger partial charge in [0.2, 0.25) is 0 Å². The molecule has 0 aromatic heterocycles. The van der Waals surface area contributed by atoms with Crippen LogP contribution in [0.3, 0.4) is 0 Å². The Morgan fingerprint density at radius 3 is 2.08 bits per heavy atom. The van der Waals surface area contributed by atoms with E-state index >= 15 is 0 Å². The normalized spacial score (nSPS) is 16.3. The second-order valence-corrected chi connectivity index (χ2v) is 4.19. The molecule has 3 heteroatoms. The largest absolute Gasteiger partial charge is 0.469 e. The molecule has 0 rings (SSSR count). The van der Waals surface area contributed by atoms with Crippen LogP contribution >= 0.6 is 0 Å². The topological polar surface area (TPSA) is 35.5 Å². The van der Waals surface area contributed by atoms with Crippen molar-refractivity contribution in [2.45, 2.75) is 27.7 Å². The van der Waals surface area contributed by atoms with Gasteiger partial charge in [0.1, 0.15) is 0 Å². The fraction of sp³-hybridized carbons (Fsp3) is 0.900. The van der Waals surface area contributed by atoms with Gasteiger partial charge in [0, 0.05) is 12.5 Å². The Morgan fingerprint density at radius 1 is 1.31 bits per heavy atom. The fourth-order valence-corrected chi connectivity index (χ4v) is 0.960. The predicted octanol–water partition coefficient (Wildman–Crippen LogP) is 1.86. The molecule has 0 heterocycles. The third kappa shape index (κ3) is 2.44. The molecule has 0 saturated heterocycles. The molecule has 0 radical (unpaired) electrons. The molecular weight excluding hydrogens is 168 g/mol. The van der Waals surface area contributed by atoms with Crippen LogP contribution in [0.5, 0.6) is 0 Å². The lowest BCUT2D eigenvalue weighted by Gasteiger charge is -2.38. The van der Waals surface area contributed by atoms with Crippen LogP contribution in [-0.2, 0) is 14.3 Å². The van der Waals surface area contributed by atoms with Crippen molar-refractivity contribution < 1.29 is 15.6 Å². The van der Waals surface area contributed by atoms with E-state index in [1.165, 1.54) is 14.2 Å². The lowest BCUT2D eigenvalue weighted by molar-refractivity contribution is -0.160. The molecule has 0 saturated carbocycles. The second-order valence-electron chi connectivity index (χ2n) is 4.19. The number of hydrogen-bond donors (Lipinski definition) is 0. The van der Waals surface area contributed by atoms with Crippen LogP contribution < -0.4 is 0 Å². The van der Waals surface area contributed by atoms with Gasteiger partial charge >= 0.3 is 5.97 Å². The number of methoxy groups -OCH3 is 2. The monoisotopic (exact) mass is 189 g/mol. The first-order valence-corrected chi connectivity index (χ1v) is 4.25. The Hall–Kier alpha value is -0.570. The summed E-state index contributed by atoms with van der Waals surface area (Å²) in [4.78, 5) is 11.5. The molecule has 13 heavy (non-hydrogen) atoms. The SMILES string of the molecule is [2H][C@@H](OC)C(C)(C)C(C)(C)C(=O)OC. The van der Waals surface area contributed by atoms with Gasteiger partial charge in [-0.25, -0.2) is 0 Å².